The second kappa shape index (κ2) is 5.35. The summed E-state index contributed by atoms with van der Waals surface area (Å²) in [5.41, 5.74) is 1.27. The SMILES string of the molecule is CNC(c1cccc(OC2CC2)c1)c1ccc(C)s1. The Labute approximate surface area is 118 Å². The van der Waals surface area contributed by atoms with Crippen molar-refractivity contribution in [2.24, 2.45) is 0 Å². The summed E-state index contributed by atoms with van der Waals surface area (Å²) in [4.78, 5) is 2.70. The van der Waals surface area contributed by atoms with Crippen molar-refractivity contribution in [2.45, 2.75) is 31.9 Å². The summed E-state index contributed by atoms with van der Waals surface area (Å²) in [6, 6.07) is 13.1. The lowest BCUT2D eigenvalue weighted by Gasteiger charge is -2.16. The molecule has 0 saturated heterocycles. The van der Waals surface area contributed by atoms with Crippen molar-refractivity contribution in [2.75, 3.05) is 7.05 Å². The second-order valence-electron chi connectivity index (χ2n) is 5.06. The predicted octanol–water partition coefficient (Wildman–Crippen LogP) is 3.91. The molecule has 1 aromatic heterocycles. The molecule has 1 fully saturated rings. The molecule has 19 heavy (non-hydrogen) atoms. The van der Waals surface area contributed by atoms with Gasteiger partial charge in [0.05, 0.1) is 12.1 Å². The maximum Gasteiger partial charge on any atom is 0.120 e. The molecule has 0 aliphatic heterocycles. The minimum absolute atomic E-state index is 0.251. The highest BCUT2D eigenvalue weighted by atomic mass is 32.1. The van der Waals surface area contributed by atoms with Gasteiger partial charge in [0.25, 0.3) is 0 Å². The van der Waals surface area contributed by atoms with Gasteiger partial charge in [-0.3, -0.25) is 0 Å². The molecule has 1 saturated carbocycles. The van der Waals surface area contributed by atoms with Gasteiger partial charge < -0.3 is 10.1 Å². The van der Waals surface area contributed by atoms with Crippen molar-refractivity contribution in [1.82, 2.24) is 5.32 Å². The van der Waals surface area contributed by atoms with Crippen LogP contribution in [-0.2, 0) is 0 Å². The Morgan fingerprint density at radius 1 is 1.26 bits per heavy atom. The number of hydrogen-bond acceptors (Lipinski definition) is 3. The van der Waals surface area contributed by atoms with E-state index >= 15 is 0 Å². The van der Waals surface area contributed by atoms with E-state index in [0.717, 1.165) is 5.75 Å². The number of thiophene rings is 1. The van der Waals surface area contributed by atoms with Crippen LogP contribution in [0.2, 0.25) is 0 Å². The van der Waals surface area contributed by atoms with Gasteiger partial charge in [0.2, 0.25) is 0 Å². The first-order valence-corrected chi connectivity index (χ1v) is 7.58. The number of hydrogen-bond donors (Lipinski definition) is 1. The van der Waals surface area contributed by atoms with Crippen molar-refractivity contribution in [3.63, 3.8) is 0 Å². The zero-order valence-electron chi connectivity index (χ0n) is 11.3. The van der Waals surface area contributed by atoms with E-state index in [2.05, 4.69) is 42.6 Å². The Bertz CT molecular complexity index is 559. The molecule has 1 aliphatic rings. The Balaban J connectivity index is 1.85. The fraction of sp³-hybridized carbons (Fsp3) is 0.375. The van der Waals surface area contributed by atoms with Crippen LogP contribution < -0.4 is 10.1 Å². The van der Waals surface area contributed by atoms with Gasteiger partial charge in [0.1, 0.15) is 5.75 Å². The summed E-state index contributed by atoms with van der Waals surface area (Å²) in [5, 5.41) is 3.40. The Morgan fingerprint density at radius 2 is 2.11 bits per heavy atom. The van der Waals surface area contributed by atoms with Crippen LogP contribution in [-0.4, -0.2) is 13.2 Å². The minimum atomic E-state index is 0.251. The number of benzene rings is 1. The Hall–Kier alpha value is -1.32. The van der Waals surface area contributed by atoms with E-state index in [9.17, 15) is 0 Å². The predicted molar refractivity (Wildman–Crippen MR) is 80.1 cm³/mol. The maximum absolute atomic E-state index is 5.88. The van der Waals surface area contributed by atoms with E-state index in [0.29, 0.717) is 6.10 Å². The zero-order valence-corrected chi connectivity index (χ0v) is 12.2. The lowest BCUT2D eigenvalue weighted by atomic mass is 10.1. The third kappa shape index (κ3) is 2.99. The molecule has 0 bridgehead atoms. The van der Waals surface area contributed by atoms with Gasteiger partial charge in [0.15, 0.2) is 0 Å². The molecule has 1 atom stereocenters. The van der Waals surface area contributed by atoms with Gasteiger partial charge in [-0.05, 0) is 56.6 Å². The van der Waals surface area contributed by atoms with Gasteiger partial charge in [0, 0.05) is 9.75 Å². The van der Waals surface area contributed by atoms with Crippen LogP contribution in [0.15, 0.2) is 36.4 Å². The minimum Gasteiger partial charge on any atom is -0.490 e. The Morgan fingerprint density at radius 3 is 2.74 bits per heavy atom. The smallest absolute Gasteiger partial charge is 0.120 e. The lowest BCUT2D eigenvalue weighted by molar-refractivity contribution is 0.302. The molecule has 100 valence electrons. The van der Waals surface area contributed by atoms with Gasteiger partial charge in [-0.1, -0.05) is 12.1 Å². The summed E-state index contributed by atoms with van der Waals surface area (Å²) < 4.78 is 5.88. The molecular formula is C16H19NOS. The molecule has 1 unspecified atom stereocenters. The average molecular weight is 273 g/mol. The normalized spacial score (nSPS) is 16.3. The topological polar surface area (TPSA) is 21.3 Å². The van der Waals surface area contributed by atoms with Gasteiger partial charge >= 0.3 is 0 Å². The summed E-state index contributed by atoms with van der Waals surface area (Å²) in [5.74, 6) is 0.994. The summed E-state index contributed by atoms with van der Waals surface area (Å²) in [7, 11) is 2.01. The molecule has 2 nitrogen and oxygen atoms in total. The van der Waals surface area contributed by atoms with E-state index in [1.165, 1.54) is 28.2 Å². The van der Waals surface area contributed by atoms with Crippen molar-refractivity contribution < 1.29 is 4.74 Å². The third-order valence-corrected chi connectivity index (χ3v) is 4.42. The van der Waals surface area contributed by atoms with Crippen molar-refractivity contribution in [1.29, 1.82) is 0 Å². The maximum atomic E-state index is 5.88. The van der Waals surface area contributed by atoms with E-state index in [1.54, 1.807) is 0 Å². The number of nitrogens with one attached hydrogen (secondary N) is 1. The standard InChI is InChI=1S/C16H19NOS/c1-11-6-9-15(19-11)16(17-2)12-4-3-5-14(10-12)18-13-7-8-13/h3-6,9-10,13,16-17H,7-8H2,1-2H3. The fourth-order valence-electron chi connectivity index (χ4n) is 2.23. The number of aryl methyl sites for hydroxylation is 1. The first kappa shape index (κ1) is 12.7. The molecule has 2 aromatic rings. The first-order valence-electron chi connectivity index (χ1n) is 6.76. The highest BCUT2D eigenvalue weighted by molar-refractivity contribution is 7.12. The van der Waals surface area contributed by atoms with Crippen LogP contribution in [0.5, 0.6) is 5.75 Å². The molecule has 1 aliphatic carbocycles. The lowest BCUT2D eigenvalue weighted by Crippen LogP contribution is -2.16. The zero-order chi connectivity index (χ0) is 13.2. The largest absolute Gasteiger partial charge is 0.490 e. The summed E-state index contributed by atoms with van der Waals surface area (Å²) in [6.45, 7) is 2.15. The van der Waals surface area contributed by atoms with Gasteiger partial charge in [-0.2, -0.15) is 0 Å². The van der Waals surface area contributed by atoms with Gasteiger partial charge in [-0.25, -0.2) is 0 Å². The quantitative estimate of drug-likeness (QED) is 0.892. The monoisotopic (exact) mass is 273 g/mol. The van der Waals surface area contributed by atoms with Crippen LogP contribution in [0.4, 0.5) is 0 Å². The molecular weight excluding hydrogens is 254 g/mol. The van der Waals surface area contributed by atoms with E-state index < -0.39 is 0 Å². The van der Waals surface area contributed by atoms with E-state index in [-0.39, 0.29) is 6.04 Å². The number of rotatable bonds is 5. The summed E-state index contributed by atoms with van der Waals surface area (Å²) >= 11 is 1.84. The van der Waals surface area contributed by atoms with Crippen molar-refractivity contribution in [3.8, 4) is 5.75 Å². The molecule has 0 spiro atoms. The van der Waals surface area contributed by atoms with E-state index in [1.807, 2.05) is 24.5 Å². The fourth-order valence-corrected chi connectivity index (χ4v) is 3.24. The van der Waals surface area contributed by atoms with Crippen molar-refractivity contribution in [3.05, 3.63) is 51.7 Å². The third-order valence-electron chi connectivity index (χ3n) is 3.35. The molecule has 1 heterocycles. The number of ether oxygens (including phenoxy) is 1. The van der Waals surface area contributed by atoms with Crippen LogP contribution in [0, 0.1) is 6.92 Å². The summed E-state index contributed by atoms with van der Waals surface area (Å²) in [6.07, 6.45) is 2.85. The second-order valence-corrected chi connectivity index (χ2v) is 6.38. The highest BCUT2D eigenvalue weighted by Crippen LogP contribution is 2.32. The molecule has 3 rings (SSSR count). The molecule has 0 radical (unpaired) electrons. The molecule has 0 amide bonds. The average Bonchev–Trinajstić information content (AvgIpc) is 3.12. The van der Waals surface area contributed by atoms with Crippen molar-refractivity contribution >= 4 is 11.3 Å². The molecule has 1 N–H and O–H groups in total. The van der Waals surface area contributed by atoms with Crippen LogP contribution in [0.1, 0.15) is 34.2 Å². The highest BCUT2D eigenvalue weighted by Gasteiger charge is 2.24. The van der Waals surface area contributed by atoms with E-state index in [4.69, 9.17) is 4.74 Å². The Kier molecular flexibility index (Phi) is 3.58. The van der Waals surface area contributed by atoms with Crippen LogP contribution in [0.3, 0.4) is 0 Å². The van der Waals surface area contributed by atoms with Crippen LogP contribution in [0.25, 0.3) is 0 Å². The molecule has 1 aromatic carbocycles. The van der Waals surface area contributed by atoms with Crippen LogP contribution >= 0.6 is 11.3 Å². The molecule has 3 heteroatoms. The van der Waals surface area contributed by atoms with Gasteiger partial charge in [-0.15, -0.1) is 11.3 Å². The first-order chi connectivity index (χ1) is 9.26.